The van der Waals surface area contributed by atoms with Gasteiger partial charge in [0.2, 0.25) is 0 Å². The maximum Gasteiger partial charge on any atom is 0.136 e. The van der Waals surface area contributed by atoms with Gasteiger partial charge in [0, 0.05) is 57.5 Å². The lowest BCUT2D eigenvalue weighted by Gasteiger charge is -2.37. The van der Waals surface area contributed by atoms with E-state index in [1.807, 2.05) is 13.0 Å². The van der Waals surface area contributed by atoms with Gasteiger partial charge in [-0.05, 0) is 19.4 Å². The number of ether oxygens (including phenoxy) is 1. The van der Waals surface area contributed by atoms with Gasteiger partial charge in [-0.2, -0.15) is 0 Å². The molecule has 2 aromatic rings. The lowest BCUT2D eigenvalue weighted by molar-refractivity contribution is 0.0365. The number of aromatic nitrogens is 2. The Labute approximate surface area is 161 Å². The fraction of sp³-hybridized carbons (Fsp3) is 0.524. The molecular formula is C21H30N4O2. The van der Waals surface area contributed by atoms with E-state index >= 15 is 0 Å². The molecule has 0 aliphatic carbocycles. The highest BCUT2D eigenvalue weighted by atomic mass is 16.5. The summed E-state index contributed by atoms with van der Waals surface area (Å²) in [7, 11) is 1.62. The van der Waals surface area contributed by atoms with Gasteiger partial charge in [0.15, 0.2) is 0 Å². The first-order valence-corrected chi connectivity index (χ1v) is 9.59. The first kappa shape index (κ1) is 19.7. The Kier molecular flexibility index (Phi) is 6.77. The van der Waals surface area contributed by atoms with Gasteiger partial charge in [-0.1, -0.05) is 30.3 Å². The maximum absolute atomic E-state index is 9.96. The van der Waals surface area contributed by atoms with Crippen LogP contribution in [0.2, 0.25) is 0 Å². The van der Waals surface area contributed by atoms with E-state index in [4.69, 9.17) is 9.72 Å². The predicted octanol–water partition coefficient (Wildman–Crippen LogP) is 1.81. The van der Waals surface area contributed by atoms with Gasteiger partial charge in [0.25, 0.3) is 0 Å². The van der Waals surface area contributed by atoms with E-state index in [2.05, 4.69) is 46.0 Å². The van der Waals surface area contributed by atoms with Crippen LogP contribution < -0.4 is 4.90 Å². The maximum atomic E-state index is 9.96. The van der Waals surface area contributed by atoms with Crippen molar-refractivity contribution in [2.45, 2.75) is 26.4 Å². The summed E-state index contributed by atoms with van der Waals surface area (Å²) in [5.74, 6) is 1.87. The van der Waals surface area contributed by atoms with E-state index in [0.717, 1.165) is 49.9 Å². The molecule has 0 amide bonds. The number of methoxy groups -OCH3 is 1. The van der Waals surface area contributed by atoms with E-state index in [1.54, 1.807) is 7.11 Å². The SMILES string of the molecule is COC[C@@H](O)CN1CCN(c2nc(C)nc(C)c2Cc2ccccc2)CC1. The van der Waals surface area contributed by atoms with Crippen molar-refractivity contribution in [1.82, 2.24) is 14.9 Å². The minimum Gasteiger partial charge on any atom is -0.389 e. The van der Waals surface area contributed by atoms with Crippen LogP contribution in [0.4, 0.5) is 5.82 Å². The molecule has 27 heavy (non-hydrogen) atoms. The Hall–Kier alpha value is -2.02. The monoisotopic (exact) mass is 370 g/mol. The number of hydrogen-bond acceptors (Lipinski definition) is 6. The van der Waals surface area contributed by atoms with Crippen molar-refractivity contribution in [2.24, 2.45) is 0 Å². The quantitative estimate of drug-likeness (QED) is 0.802. The van der Waals surface area contributed by atoms with E-state index in [0.29, 0.717) is 13.2 Å². The number of hydrogen-bond donors (Lipinski definition) is 1. The number of aryl methyl sites for hydroxylation is 2. The second kappa shape index (κ2) is 9.26. The highest BCUT2D eigenvalue weighted by Gasteiger charge is 2.23. The van der Waals surface area contributed by atoms with Gasteiger partial charge >= 0.3 is 0 Å². The Morgan fingerprint density at radius 3 is 2.44 bits per heavy atom. The highest BCUT2D eigenvalue weighted by Crippen LogP contribution is 2.25. The molecule has 1 aliphatic heterocycles. The summed E-state index contributed by atoms with van der Waals surface area (Å²) in [6.07, 6.45) is 0.411. The highest BCUT2D eigenvalue weighted by molar-refractivity contribution is 5.51. The van der Waals surface area contributed by atoms with Crippen LogP contribution in [-0.4, -0.2) is 72.5 Å². The molecule has 0 bridgehead atoms. The molecule has 0 unspecified atom stereocenters. The third-order valence-corrected chi connectivity index (χ3v) is 5.03. The zero-order valence-corrected chi connectivity index (χ0v) is 16.6. The molecule has 0 radical (unpaired) electrons. The number of anilines is 1. The Balaban J connectivity index is 1.73. The van der Waals surface area contributed by atoms with E-state index in [-0.39, 0.29) is 0 Å². The molecule has 1 aromatic heterocycles. The smallest absolute Gasteiger partial charge is 0.136 e. The van der Waals surface area contributed by atoms with Crippen LogP contribution in [0.5, 0.6) is 0 Å². The summed E-state index contributed by atoms with van der Waals surface area (Å²) in [5.41, 5.74) is 3.54. The van der Waals surface area contributed by atoms with Gasteiger partial charge in [-0.15, -0.1) is 0 Å². The van der Waals surface area contributed by atoms with E-state index in [1.165, 1.54) is 11.1 Å². The van der Waals surface area contributed by atoms with Crippen LogP contribution >= 0.6 is 0 Å². The molecule has 2 heterocycles. The standard InChI is InChI=1S/C21H30N4O2/c1-16-20(13-18-7-5-4-6-8-18)21(23-17(2)22-16)25-11-9-24(10-12-25)14-19(26)15-27-3/h4-8,19,26H,9-15H2,1-3H3/t19-/m0/s1. The minimum atomic E-state index is -0.432. The number of β-amino-alcohol motifs (C(OH)–C–C–N with tert-alkyl or cyclic N) is 1. The Bertz CT molecular complexity index is 730. The molecule has 0 spiro atoms. The Morgan fingerprint density at radius 1 is 1.07 bits per heavy atom. The van der Waals surface area contributed by atoms with Crippen molar-refractivity contribution in [3.63, 3.8) is 0 Å². The molecule has 146 valence electrons. The van der Waals surface area contributed by atoms with Crippen LogP contribution in [0.1, 0.15) is 22.6 Å². The second-order valence-corrected chi connectivity index (χ2v) is 7.22. The Morgan fingerprint density at radius 2 is 1.78 bits per heavy atom. The predicted molar refractivity (Wildman–Crippen MR) is 107 cm³/mol. The van der Waals surface area contributed by atoms with E-state index in [9.17, 15) is 5.11 Å². The average molecular weight is 370 g/mol. The van der Waals surface area contributed by atoms with Crippen LogP contribution in [0.15, 0.2) is 30.3 Å². The number of aliphatic hydroxyl groups excluding tert-OH is 1. The fourth-order valence-corrected chi connectivity index (χ4v) is 3.67. The van der Waals surface area contributed by atoms with Crippen LogP contribution in [-0.2, 0) is 11.2 Å². The molecule has 1 N–H and O–H groups in total. The molecule has 1 atom stereocenters. The van der Waals surface area contributed by atoms with Gasteiger partial charge in [0.05, 0.1) is 12.7 Å². The number of aliphatic hydroxyl groups is 1. The number of rotatable bonds is 7. The summed E-state index contributed by atoms with van der Waals surface area (Å²) in [5, 5.41) is 9.96. The van der Waals surface area contributed by atoms with Crippen molar-refractivity contribution in [1.29, 1.82) is 0 Å². The zero-order chi connectivity index (χ0) is 19.2. The molecule has 6 nitrogen and oxygen atoms in total. The summed E-state index contributed by atoms with van der Waals surface area (Å²) in [6, 6.07) is 10.5. The summed E-state index contributed by atoms with van der Waals surface area (Å²) in [6.45, 7) is 8.69. The van der Waals surface area contributed by atoms with Crippen LogP contribution in [0.3, 0.4) is 0 Å². The zero-order valence-electron chi connectivity index (χ0n) is 16.6. The summed E-state index contributed by atoms with van der Waals surface area (Å²) in [4.78, 5) is 14.1. The summed E-state index contributed by atoms with van der Waals surface area (Å²) < 4.78 is 5.03. The normalized spacial score (nSPS) is 16.5. The van der Waals surface area contributed by atoms with E-state index < -0.39 is 6.10 Å². The topological polar surface area (TPSA) is 61.7 Å². The van der Waals surface area contributed by atoms with Crippen LogP contribution in [0, 0.1) is 13.8 Å². The van der Waals surface area contributed by atoms with Gasteiger partial charge in [-0.3, -0.25) is 4.90 Å². The number of nitrogens with zero attached hydrogens (tertiary/aromatic N) is 4. The summed E-state index contributed by atoms with van der Waals surface area (Å²) >= 11 is 0. The van der Waals surface area contributed by atoms with Crippen LogP contribution in [0.25, 0.3) is 0 Å². The first-order valence-electron chi connectivity index (χ1n) is 9.59. The van der Waals surface area contributed by atoms with Gasteiger partial charge in [0.1, 0.15) is 11.6 Å². The van der Waals surface area contributed by atoms with Gasteiger partial charge in [-0.25, -0.2) is 9.97 Å². The fourth-order valence-electron chi connectivity index (χ4n) is 3.67. The molecular weight excluding hydrogens is 340 g/mol. The lowest BCUT2D eigenvalue weighted by Crippen LogP contribution is -2.49. The molecule has 1 aromatic carbocycles. The molecule has 0 saturated carbocycles. The lowest BCUT2D eigenvalue weighted by atomic mass is 10.0. The molecule has 1 fully saturated rings. The van der Waals surface area contributed by atoms with Crippen molar-refractivity contribution >= 4 is 5.82 Å². The first-order chi connectivity index (χ1) is 13.1. The average Bonchev–Trinajstić information content (AvgIpc) is 2.65. The van der Waals surface area contributed by atoms with Crippen molar-refractivity contribution in [2.75, 3.05) is 51.3 Å². The number of benzene rings is 1. The second-order valence-electron chi connectivity index (χ2n) is 7.22. The molecule has 6 heteroatoms. The third-order valence-electron chi connectivity index (χ3n) is 5.03. The minimum absolute atomic E-state index is 0.381. The van der Waals surface area contributed by atoms with Crippen molar-refractivity contribution < 1.29 is 9.84 Å². The van der Waals surface area contributed by atoms with Gasteiger partial charge < -0.3 is 14.7 Å². The largest absolute Gasteiger partial charge is 0.389 e. The van der Waals surface area contributed by atoms with Crippen molar-refractivity contribution in [3.05, 3.63) is 53.0 Å². The molecule has 1 aliphatic rings. The van der Waals surface area contributed by atoms with Crippen molar-refractivity contribution in [3.8, 4) is 0 Å². The number of piperazine rings is 1. The molecule has 1 saturated heterocycles. The molecule has 3 rings (SSSR count). The third kappa shape index (κ3) is 5.25.